The maximum atomic E-state index is 12.4. The molecule has 0 radical (unpaired) electrons. The summed E-state index contributed by atoms with van der Waals surface area (Å²) in [6.07, 6.45) is 0. The van der Waals surface area contributed by atoms with Crippen molar-refractivity contribution in [1.82, 2.24) is 15.4 Å². The fourth-order valence-electron chi connectivity index (χ4n) is 2.12. The molecule has 1 atom stereocenters. The predicted molar refractivity (Wildman–Crippen MR) is 85.5 cm³/mol. The number of nitrogens with one attached hydrogen (secondary N) is 1. The van der Waals surface area contributed by atoms with Crippen LogP contribution in [0.3, 0.4) is 0 Å². The molecule has 0 aliphatic carbocycles. The SMILES string of the molecule is CC(C)c1cc(CN(C)C(=O)[C@H]2CSC(C)(C)C(=O)N2)on1. The second-order valence-electron chi connectivity index (χ2n) is 6.41. The summed E-state index contributed by atoms with van der Waals surface area (Å²) in [5, 5.41) is 6.78. The van der Waals surface area contributed by atoms with Gasteiger partial charge in [0.05, 0.1) is 17.0 Å². The van der Waals surface area contributed by atoms with E-state index in [1.165, 1.54) is 11.8 Å². The summed E-state index contributed by atoms with van der Waals surface area (Å²) in [5.74, 6) is 1.30. The van der Waals surface area contributed by atoms with Crippen LogP contribution in [0, 0.1) is 0 Å². The lowest BCUT2D eigenvalue weighted by Crippen LogP contribution is -2.57. The number of hydrogen-bond acceptors (Lipinski definition) is 5. The average molecular weight is 325 g/mol. The second kappa shape index (κ2) is 6.32. The molecular formula is C15H23N3O3S. The van der Waals surface area contributed by atoms with Crippen LogP contribution in [-0.4, -0.2) is 45.5 Å². The van der Waals surface area contributed by atoms with Gasteiger partial charge in [-0.15, -0.1) is 11.8 Å². The number of carbonyl (C=O) groups excluding carboxylic acids is 2. The third-order valence-electron chi connectivity index (χ3n) is 3.70. The van der Waals surface area contributed by atoms with Crippen molar-refractivity contribution in [2.24, 2.45) is 0 Å². The van der Waals surface area contributed by atoms with Gasteiger partial charge in [0, 0.05) is 18.9 Å². The van der Waals surface area contributed by atoms with Crippen LogP contribution in [0.5, 0.6) is 0 Å². The summed E-state index contributed by atoms with van der Waals surface area (Å²) in [7, 11) is 1.70. The zero-order valence-electron chi connectivity index (χ0n) is 13.7. The van der Waals surface area contributed by atoms with Crippen molar-refractivity contribution in [2.45, 2.75) is 50.9 Å². The summed E-state index contributed by atoms with van der Waals surface area (Å²) in [4.78, 5) is 26.0. The lowest BCUT2D eigenvalue weighted by molar-refractivity contribution is -0.136. The predicted octanol–water partition coefficient (Wildman–Crippen LogP) is 1.77. The third kappa shape index (κ3) is 3.63. The Morgan fingerprint density at radius 2 is 2.27 bits per heavy atom. The number of nitrogens with zero attached hydrogens (tertiary/aromatic N) is 2. The maximum absolute atomic E-state index is 12.4. The number of amides is 2. The monoisotopic (exact) mass is 325 g/mol. The van der Waals surface area contributed by atoms with Crippen molar-refractivity contribution in [3.05, 3.63) is 17.5 Å². The van der Waals surface area contributed by atoms with Gasteiger partial charge in [0.15, 0.2) is 5.76 Å². The first-order chi connectivity index (χ1) is 10.2. The molecule has 2 amide bonds. The minimum absolute atomic E-state index is 0.0998. The Labute approximate surface area is 135 Å². The van der Waals surface area contributed by atoms with Crippen LogP contribution < -0.4 is 5.32 Å². The van der Waals surface area contributed by atoms with Gasteiger partial charge >= 0.3 is 0 Å². The van der Waals surface area contributed by atoms with E-state index in [1.54, 1.807) is 11.9 Å². The van der Waals surface area contributed by atoms with Crippen LogP contribution in [0.1, 0.15) is 45.1 Å². The topological polar surface area (TPSA) is 75.4 Å². The second-order valence-corrected chi connectivity index (χ2v) is 8.06. The van der Waals surface area contributed by atoms with Crippen LogP contribution in [0.25, 0.3) is 0 Å². The van der Waals surface area contributed by atoms with Gasteiger partial charge in [0.25, 0.3) is 0 Å². The van der Waals surface area contributed by atoms with Crippen LogP contribution in [-0.2, 0) is 16.1 Å². The van der Waals surface area contributed by atoms with Crippen LogP contribution in [0.15, 0.2) is 10.6 Å². The van der Waals surface area contributed by atoms with Gasteiger partial charge in [0.1, 0.15) is 6.04 Å². The van der Waals surface area contributed by atoms with E-state index in [1.807, 2.05) is 33.8 Å². The van der Waals surface area contributed by atoms with Crippen molar-refractivity contribution in [1.29, 1.82) is 0 Å². The molecule has 1 N–H and O–H groups in total. The quantitative estimate of drug-likeness (QED) is 0.913. The standard InChI is InChI=1S/C15H23N3O3S/c1-9(2)11-6-10(21-17-11)7-18(5)13(19)12-8-22-15(3,4)14(20)16-12/h6,9,12H,7-8H2,1-5H3,(H,16,20)/t12-/m1/s1. The summed E-state index contributed by atoms with van der Waals surface area (Å²) in [6.45, 7) is 8.14. The lowest BCUT2D eigenvalue weighted by Gasteiger charge is -2.34. The minimum Gasteiger partial charge on any atom is -0.359 e. The normalized spacial score (nSPS) is 20.8. The van der Waals surface area contributed by atoms with Crippen molar-refractivity contribution in [3.8, 4) is 0 Å². The Bertz CT molecular complexity index is 568. The molecule has 1 aromatic rings. The van der Waals surface area contributed by atoms with E-state index in [2.05, 4.69) is 10.5 Å². The van der Waals surface area contributed by atoms with Gasteiger partial charge in [-0.2, -0.15) is 0 Å². The van der Waals surface area contributed by atoms with Crippen molar-refractivity contribution in [3.63, 3.8) is 0 Å². The number of thioether (sulfide) groups is 1. The maximum Gasteiger partial charge on any atom is 0.246 e. The number of rotatable bonds is 4. The highest BCUT2D eigenvalue weighted by molar-refractivity contribution is 8.01. The van der Waals surface area contributed by atoms with Crippen LogP contribution in [0.2, 0.25) is 0 Å². The fourth-order valence-corrected chi connectivity index (χ4v) is 3.12. The van der Waals surface area contributed by atoms with Gasteiger partial charge in [-0.3, -0.25) is 9.59 Å². The van der Waals surface area contributed by atoms with E-state index in [4.69, 9.17) is 4.52 Å². The minimum atomic E-state index is -0.483. The largest absolute Gasteiger partial charge is 0.359 e. The number of carbonyl (C=O) groups is 2. The molecule has 0 bridgehead atoms. The molecule has 1 aliphatic heterocycles. The third-order valence-corrected chi connectivity index (χ3v) is 5.11. The molecule has 2 heterocycles. The molecule has 0 aromatic carbocycles. The molecule has 2 rings (SSSR count). The van der Waals surface area contributed by atoms with Gasteiger partial charge in [-0.1, -0.05) is 19.0 Å². The number of likely N-dealkylation sites (N-methyl/N-ethyl adjacent to an activating group) is 1. The van der Waals surface area contributed by atoms with E-state index in [0.717, 1.165) is 5.69 Å². The van der Waals surface area contributed by atoms with Crippen molar-refractivity contribution in [2.75, 3.05) is 12.8 Å². The Morgan fingerprint density at radius 1 is 1.59 bits per heavy atom. The molecule has 6 nitrogen and oxygen atoms in total. The Hall–Kier alpha value is -1.50. The molecule has 22 heavy (non-hydrogen) atoms. The first-order valence-corrected chi connectivity index (χ1v) is 8.34. The molecule has 1 fully saturated rings. The molecular weight excluding hydrogens is 302 g/mol. The highest BCUT2D eigenvalue weighted by Crippen LogP contribution is 2.29. The zero-order chi connectivity index (χ0) is 16.5. The first-order valence-electron chi connectivity index (χ1n) is 7.36. The summed E-state index contributed by atoms with van der Waals surface area (Å²) in [5.41, 5.74) is 0.874. The average Bonchev–Trinajstić information content (AvgIpc) is 2.89. The van der Waals surface area contributed by atoms with Gasteiger partial charge in [-0.25, -0.2) is 0 Å². The zero-order valence-corrected chi connectivity index (χ0v) is 14.5. The lowest BCUT2D eigenvalue weighted by atomic mass is 10.1. The van der Waals surface area contributed by atoms with Gasteiger partial charge in [-0.05, 0) is 19.8 Å². The van der Waals surface area contributed by atoms with Crippen LogP contribution in [0.4, 0.5) is 0 Å². The van der Waals surface area contributed by atoms with Gasteiger partial charge < -0.3 is 14.7 Å². The molecule has 0 unspecified atom stereocenters. The highest BCUT2D eigenvalue weighted by Gasteiger charge is 2.38. The summed E-state index contributed by atoms with van der Waals surface area (Å²) < 4.78 is 4.77. The molecule has 1 aromatic heterocycles. The summed E-state index contributed by atoms with van der Waals surface area (Å²) >= 11 is 1.50. The number of aromatic nitrogens is 1. The molecule has 0 spiro atoms. The smallest absolute Gasteiger partial charge is 0.246 e. The van der Waals surface area contributed by atoms with Crippen molar-refractivity contribution >= 4 is 23.6 Å². The van der Waals surface area contributed by atoms with Gasteiger partial charge in [0.2, 0.25) is 11.8 Å². The summed E-state index contributed by atoms with van der Waals surface area (Å²) in [6, 6.07) is 1.38. The van der Waals surface area contributed by atoms with E-state index < -0.39 is 10.8 Å². The van der Waals surface area contributed by atoms with E-state index in [0.29, 0.717) is 18.1 Å². The Kier molecular flexibility index (Phi) is 4.84. The van der Waals surface area contributed by atoms with E-state index in [-0.39, 0.29) is 17.7 Å². The fraction of sp³-hybridized carbons (Fsp3) is 0.667. The molecule has 122 valence electrons. The van der Waals surface area contributed by atoms with E-state index in [9.17, 15) is 9.59 Å². The Balaban J connectivity index is 1.96. The highest BCUT2D eigenvalue weighted by atomic mass is 32.2. The first kappa shape index (κ1) is 16.9. The van der Waals surface area contributed by atoms with E-state index >= 15 is 0 Å². The Morgan fingerprint density at radius 3 is 2.82 bits per heavy atom. The number of hydrogen-bond donors (Lipinski definition) is 1. The van der Waals surface area contributed by atoms with Crippen LogP contribution >= 0.6 is 11.8 Å². The molecule has 1 saturated heterocycles. The molecule has 0 saturated carbocycles. The molecule has 7 heteroatoms. The van der Waals surface area contributed by atoms with Crippen molar-refractivity contribution < 1.29 is 14.1 Å². The molecule has 1 aliphatic rings.